The molecule has 0 radical (unpaired) electrons. The molecule has 0 saturated heterocycles. The van der Waals surface area contributed by atoms with Crippen molar-refractivity contribution in [3.8, 4) is 5.75 Å². The Kier molecular flexibility index (Phi) is 7.69. The minimum absolute atomic E-state index is 0.0422. The van der Waals surface area contributed by atoms with E-state index in [9.17, 15) is 18.8 Å². The second-order valence-corrected chi connectivity index (χ2v) is 9.63. The minimum atomic E-state index is -0.928. The molecule has 198 valence electrons. The first-order valence-electron chi connectivity index (χ1n) is 12.1. The second kappa shape index (κ2) is 11.5. The number of thioether (sulfide) groups is 1. The van der Waals surface area contributed by atoms with Crippen LogP contribution in [0.1, 0.15) is 17.5 Å². The van der Waals surface area contributed by atoms with E-state index in [2.05, 4.69) is 20.6 Å². The van der Waals surface area contributed by atoms with Crippen LogP contribution in [0.3, 0.4) is 0 Å². The number of amides is 3. The molecule has 11 heteroatoms. The van der Waals surface area contributed by atoms with Crippen molar-refractivity contribution in [2.24, 2.45) is 9.98 Å². The van der Waals surface area contributed by atoms with E-state index >= 15 is 0 Å². The summed E-state index contributed by atoms with van der Waals surface area (Å²) in [7, 11) is 1.56. The number of ether oxygens (including phenoxy) is 1. The third kappa shape index (κ3) is 5.83. The molecule has 39 heavy (non-hydrogen) atoms. The maximum absolute atomic E-state index is 13.4. The van der Waals surface area contributed by atoms with Crippen LogP contribution in [-0.4, -0.2) is 52.5 Å². The largest absolute Gasteiger partial charge is 0.496 e. The summed E-state index contributed by atoms with van der Waals surface area (Å²) < 4.78 is 18.5. The van der Waals surface area contributed by atoms with Gasteiger partial charge in [0.15, 0.2) is 5.17 Å². The SMILES string of the molecule is COc1ccccc1CNC(=O)CC1N=C2c3ccccc3N=C(SCC(=O)Nc3ccc(F)cc3)N2C1=O. The molecule has 3 aromatic rings. The lowest BCUT2D eigenvalue weighted by molar-refractivity contribution is -0.128. The van der Waals surface area contributed by atoms with Crippen molar-refractivity contribution in [3.05, 3.63) is 89.7 Å². The van der Waals surface area contributed by atoms with Crippen molar-refractivity contribution < 1.29 is 23.5 Å². The van der Waals surface area contributed by atoms with Crippen LogP contribution in [0, 0.1) is 5.82 Å². The van der Waals surface area contributed by atoms with Gasteiger partial charge in [-0.3, -0.25) is 19.4 Å². The van der Waals surface area contributed by atoms with E-state index in [1.807, 2.05) is 42.5 Å². The summed E-state index contributed by atoms with van der Waals surface area (Å²) in [5.74, 6) is -0.455. The Morgan fingerprint density at radius 2 is 1.77 bits per heavy atom. The van der Waals surface area contributed by atoms with Crippen LogP contribution < -0.4 is 15.4 Å². The summed E-state index contributed by atoms with van der Waals surface area (Å²) >= 11 is 1.08. The zero-order valence-electron chi connectivity index (χ0n) is 20.9. The van der Waals surface area contributed by atoms with Crippen LogP contribution in [-0.2, 0) is 20.9 Å². The van der Waals surface area contributed by atoms with Crippen molar-refractivity contribution in [2.75, 3.05) is 18.2 Å². The molecule has 1 unspecified atom stereocenters. The number of nitrogens with zero attached hydrogens (tertiary/aromatic N) is 3. The first kappa shape index (κ1) is 26.1. The predicted molar refractivity (Wildman–Crippen MR) is 148 cm³/mol. The molecule has 2 aliphatic rings. The lowest BCUT2D eigenvalue weighted by atomic mass is 10.1. The monoisotopic (exact) mass is 545 g/mol. The third-order valence-corrected chi connectivity index (χ3v) is 6.99. The smallest absolute Gasteiger partial charge is 0.259 e. The van der Waals surface area contributed by atoms with Crippen LogP contribution in [0.2, 0.25) is 0 Å². The Bertz CT molecular complexity index is 1490. The molecule has 9 nitrogen and oxygen atoms in total. The molecule has 0 saturated carbocycles. The Balaban J connectivity index is 1.27. The molecular formula is C28H24FN5O4S. The first-order chi connectivity index (χ1) is 18.9. The number of nitrogens with one attached hydrogen (secondary N) is 2. The predicted octanol–water partition coefficient (Wildman–Crippen LogP) is 3.87. The highest BCUT2D eigenvalue weighted by Gasteiger charge is 2.42. The number of fused-ring (bicyclic) bond motifs is 3. The number of para-hydroxylation sites is 2. The summed E-state index contributed by atoms with van der Waals surface area (Å²) in [6.07, 6.45) is -0.140. The number of anilines is 1. The average molecular weight is 546 g/mol. The number of aliphatic imine (C=N–C) groups is 2. The van der Waals surface area contributed by atoms with Gasteiger partial charge in [-0.05, 0) is 42.5 Å². The highest BCUT2D eigenvalue weighted by molar-refractivity contribution is 8.14. The van der Waals surface area contributed by atoms with Crippen molar-refractivity contribution >= 4 is 51.9 Å². The fraction of sp³-hybridized carbons (Fsp3) is 0.179. The van der Waals surface area contributed by atoms with E-state index in [4.69, 9.17) is 4.74 Å². The molecular weight excluding hydrogens is 521 g/mol. The Hall–Kier alpha value is -4.51. The van der Waals surface area contributed by atoms with Crippen LogP contribution in [0.4, 0.5) is 15.8 Å². The van der Waals surface area contributed by atoms with Crippen LogP contribution in [0.5, 0.6) is 5.75 Å². The zero-order valence-corrected chi connectivity index (χ0v) is 21.7. The highest BCUT2D eigenvalue weighted by atomic mass is 32.2. The number of methoxy groups -OCH3 is 1. The molecule has 0 aromatic heterocycles. The van der Waals surface area contributed by atoms with Crippen molar-refractivity contribution in [1.82, 2.24) is 10.2 Å². The number of carbonyl (C=O) groups excluding carboxylic acids is 3. The number of amidine groups is 2. The topological polar surface area (TPSA) is 112 Å². The van der Waals surface area contributed by atoms with Gasteiger partial charge in [-0.25, -0.2) is 14.3 Å². The lowest BCUT2D eigenvalue weighted by Gasteiger charge is -2.25. The van der Waals surface area contributed by atoms with Gasteiger partial charge in [0.1, 0.15) is 23.4 Å². The summed E-state index contributed by atoms with van der Waals surface area (Å²) in [6, 6.07) is 19.1. The van der Waals surface area contributed by atoms with Gasteiger partial charge >= 0.3 is 0 Å². The summed E-state index contributed by atoms with van der Waals surface area (Å²) in [6.45, 7) is 0.249. The van der Waals surface area contributed by atoms with Crippen molar-refractivity contribution in [1.29, 1.82) is 0 Å². The van der Waals surface area contributed by atoms with E-state index in [0.29, 0.717) is 33.7 Å². The molecule has 0 aliphatic carbocycles. The second-order valence-electron chi connectivity index (χ2n) is 8.69. The normalized spacial score (nSPS) is 15.6. The molecule has 5 rings (SSSR count). The molecule has 2 heterocycles. The highest BCUT2D eigenvalue weighted by Crippen LogP contribution is 2.34. The first-order valence-corrected chi connectivity index (χ1v) is 13.1. The zero-order chi connectivity index (χ0) is 27.4. The number of rotatable bonds is 8. The third-order valence-electron chi connectivity index (χ3n) is 6.06. The summed E-state index contributed by atoms with van der Waals surface area (Å²) in [5.41, 5.74) is 2.55. The van der Waals surface area contributed by atoms with E-state index in [1.165, 1.54) is 29.2 Å². The number of halogens is 1. The summed E-state index contributed by atoms with van der Waals surface area (Å²) in [5, 5.41) is 5.82. The van der Waals surface area contributed by atoms with Crippen molar-refractivity contribution in [2.45, 2.75) is 19.0 Å². The Morgan fingerprint density at radius 1 is 1.03 bits per heavy atom. The number of benzene rings is 3. The van der Waals surface area contributed by atoms with E-state index < -0.39 is 17.8 Å². The van der Waals surface area contributed by atoms with Crippen LogP contribution in [0.15, 0.2) is 82.8 Å². The fourth-order valence-electron chi connectivity index (χ4n) is 4.18. The lowest BCUT2D eigenvalue weighted by Crippen LogP contribution is -2.42. The van der Waals surface area contributed by atoms with Gasteiger partial charge < -0.3 is 15.4 Å². The van der Waals surface area contributed by atoms with Gasteiger partial charge in [-0.2, -0.15) is 0 Å². The Morgan fingerprint density at radius 3 is 2.56 bits per heavy atom. The van der Waals surface area contributed by atoms with Gasteiger partial charge in [-0.15, -0.1) is 0 Å². The van der Waals surface area contributed by atoms with Gasteiger partial charge in [0.2, 0.25) is 11.8 Å². The molecule has 1 atom stereocenters. The molecule has 2 aliphatic heterocycles. The number of hydrogen-bond donors (Lipinski definition) is 2. The summed E-state index contributed by atoms with van der Waals surface area (Å²) in [4.78, 5) is 49.3. The number of carbonyl (C=O) groups is 3. The number of hydrogen-bond acceptors (Lipinski definition) is 7. The molecule has 3 amide bonds. The molecule has 3 aromatic carbocycles. The quantitative estimate of drug-likeness (QED) is 0.446. The molecule has 0 bridgehead atoms. The van der Waals surface area contributed by atoms with Gasteiger partial charge in [-0.1, -0.05) is 42.1 Å². The maximum atomic E-state index is 13.4. The van der Waals surface area contributed by atoms with Gasteiger partial charge in [0.05, 0.1) is 25.0 Å². The van der Waals surface area contributed by atoms with E-state index in [1.54, 1.807) is 13.2 Å². The van der Waals surface area contributed by atoms with Gasteiger partial charge in [0, 0.05) is 23.4 Å². The van der Waals surface area contributed by atoms with Crippen LogP contribution >= 0.6 is 11.8 Å². The molecule has 0 fully saturated rings. The van der Waals surface area contributed by atoms with Crippen molar-refractivity contribution in [3.63, 3.8) is 0 Å². The van der Waals surface area contributed by atoms with Crippen LogP contribution in [0.25, 0.3) is 0 Å². The standard InChI is InChI=1S/C28H24FN5O4S/c1-38-23-9-5-2-6-17(23)15-30-24(35)14-22-27(37)34-26(32-22)20-7-3-4-8-21(20)33-28(34)39-16-25(36)31-19-12-10-18(29)11-13-19/h2-13,22H,14-16H2,1H3,(H,30,35)(H,31,36). The van der Waals surface area contributed by atoms with E-state index in [0.717, 1.165) is 17.3 Å². The molecule has 0 spiro atoms. The average Bonchev–Trinajstić information content (AvgIpc) is 3.28. The van der Waals surface area contributed by atoms with E-state index in [-0.39, 0.29) is 30.5 Å². The maximum Gasteiger partial charge on any atom is 0.259 e. The Labute approximate surface area is 228 Å². The molecule has 2 N–H and O–H groups in total. The fourth-order valence-corrected chi connectivity index (χ4v) is 4.98. The van der Waals surface area contributed by atoms with Gasteiger partial charge in [0.25, 0.3) is 5.91 Å². The minimum Gasteiger partial charge on any atom is -0.496 e.